The number of nitrogens with one attached hydrogen (secondary N) is 1. The first kappa shape index (κ1) is 22.5. The molecule has 0 aliphatic carbocycles. The quantitative estimate of drug-likeness (QED) is 0.279. The molecule has 0 saturated heterocycles. The van der Waals surface area contributed by atoms with Gasteiger partial charge in [0.25, 0.3) is 0 Å². The van der Waals surface area contributed by atoms with Gasteiger partial charge in [0.2, 0.25) is 0 Å². The van der Waals surface area contributed by atoms with Gasteiger partial charge in [-0.15, -0.1) is 22.7 Å². The molecule has 2 N–H and O–H groups in total. The van der Waals surface area contributed by atoms with E-state index in [1.165, 1.54) is 11.3 Å². The number of rotatable bonds is 7. The van der Waals surface area contributed by atoms with Crippen molar-refractivity contribution in [2.45, 2.75) is 27.2 Å². The summed E-state index contributed by atoms with van der Waals surface area (Å²) < 4.78 is 0. The Bertz CT molecular complexity index is 1260. The van der Waals surface area contributed by atoms with Crippen molar-refractivity contribution < 1.29 is 9.90 Å². The predicted molar refractivity (Wildman–Crippen MR) is 136 cm³/mol. The number of nitrogens with zero attached hydrogens (tertiary/aromatic N) is 1. The van der Waals surface area contributed by atoms with Crippen molar-refractivity contribution in [3.63, 3.8) is 0 Å². The molecule has 164 valence electrons. The molecule has 0 amide bonds. The molecule has 2 aromatic heterocycles. The zero-order valence-electron chi connectivity index (χ0n) is 18.0. The molecule has 0 spiro atoms. The molecule has 32 heavy (non-hydrogen) atoms. The maximum absolute atomic E-state index is 11.9. The average molecular weight is 483 g/mol. The highest BCUT2D eigenvalue weighted by Gasteiger charge is 2.20. The first-order chi connectivity index (χ1) is 15.3. The minimum Gasteiger partial charge on any atom is -0.477 e. The van der Waals surface area contributed by atoms with Crippen molar-refractivity contribution in [2.75, 3.05) is 5.32 Å². The molecule has 0 aliphatic rings. The number of aromatic carboxylic acids is 1. The largest absolute Gasteiger partial charge is 0.477 e. The van der Waals surface area contributed by atoms with Gasteiger partial charge in [0.05, 0.1) is 11.4 Å². The third kappa shape index (κ3) is 4.88. The van der Waals surface area contributed by atoms with Gasteiger partial charge < -0.3 is 10.4 Å². The van der Waals surface area contributed by atoms with Crippen LogP contribution < -0.4 is 5.32 Å². The zero-order chi connectivity index (χ0) is 22.8. The summed E-state index contributed by atoms with van der Waals surface area (Å²) in [6.45, 7) is 6.32. The van der Waals surface area contributed by atoms with Crippen LogP contribution in [-0.2, 0) is 6.42 Å². The molecule has 0 radical (unpaired) electrons. The fourth-order valence-electron chi connectivity index (χ4n) is 3.38. The molecule has 0 atom stereocenters. The second-order valence-electron chi connectivity index (χ2n) is 8.00. The zero-order valence-corrected chi connectivity index (χ0v) is 20.4. The number of carboxylic acid groups (broad SMARTS) is 1. The van der Waals surface area contributed by atoms with Gasteiger partial charge in [-0.05, 0) is 42.5 Å². The van der Waals surface area contributed by atoms with Crippen LogP contribution in [0, 0.1) is 12.8 Å². The van der Waals surface area contributed by atoms with E-state index in [4.69, 9.17) is 16.6 Å². The Kier molecular flexibility index (Phi) is 6.65. The number of carboxylic acids is 1. The van der Waals surface area contributed by atoms with Crippen molar-refractivity contribution >= 4 is 51.1 Å². The standard InChI is InChI=1S/C25H23ClN2O2S2/c1-14(2)11-21-22(17-10-9-15(3)18(26)12-17)28-25(32-21)27-19-13-20(31-23(19)24(29)30)16-7-5-4-6-8-16/h4-10,12-14H,11H2,1-3H3,(H,27,28)(H,29,30). The molecule has 0 unspecified atom stereocenters. The van der Waals surface area contributed by atoms with Crippen LogP contribution in [0.5, 0.6) is 0 Å². The lowest BCUT2D eigenvalue weighted by Crippen LogP contribution is -1.98. The van der Waals surface area contributed by atoms with E-state index in [9.17, 15) is 9.90 Å². The lowest BCUT2D eigenvalue weighted by Gasteiger charge is -2.06. The van der Waals surface area contributed by atoms with Gasteiger partial charge in [-0.1, -0.05) is 67.9 Å². The van der Waals surface area contributed by atoms with E-state index >= 15 is 0 Å². The van der Waals surface area contributed by atoms with E-state index in [1.54, 1.807) is 11.3 Å². The fraction of sp³-hybridized carbons (Fsp3) is 0.200. The van der Waals surface area contributed by atoms with Crippen molar-refractivity contribution in [3.8, 4) is 21.7 Å². The van der Waals surface area contributed by atoms with Crippen LogP contribution in [0.1, 0.15) is 34.0 Å². The van der Waals surface area contributed by atoms with Crippen LogP contribution in [0.15, 0.2) is 54.6 Å². The molecule has 0 fully saturated rings. The number of aryl methyl sites for hydroxylation is 1. The van der Waals surface area contributed by atoms with E-state index < -0.39 is 5.97 Å². The van der Waals surface area contributed by atoms with Crippen LogP contribution in [0.2, 0.25) is 5.02 Å². The number of aromatic nitrogens is 1. The summed E-state index contributed by atoms with van der Waals surface area (Å²) in [5.41, 5.74) is 4.42. The number of hydrogen-bond donors (Lipinski definition) is 2. The highest BCUT2D eigenvalue weighted by Crippen LogP contribution is 2.39. The third-order valence-corrected chi connectivity index (χ3v) is 7.53. The molecule has 2 aromatic carbocycles. The Balaban J connectivity index is 1.73. The Morgan fingerprint density at radius 3 is 2.50 bits per heavy atom. The van der Waals surface area contributed by atoms with Crippen LogP contribution in [0.4, 0.5) is 10.8 Å². The van der Waals surface area contributed by atoms with Gasteiger partial charge >= 0.3 is 5.97 Å². The Morgan fingerprint density at radius 2 is 1.84 bits per heavy atom. The number of halogens is 1. The maximum Gasteiger partial charge on any atom is 0.348 e. The lowest BCUT2D eigenvalue weighted by molar-refractivity contribution is 0.0703. The summed E-state index contributed by atoms with van der Waals surface area (Å²) >= 11 is 9.19. The Labute approximate surface area is 200 Å². The van der Waals surface area contributed by atoms with E-state index in [0.29, 0.717) is 21.8 Å². The number of thiophene rings is 1. The van der Waals surface area contributed by atoms with Gasteiger partial charge in [0.1, 0.15) is 4.88 Å². The summed E-state index contributed by atoms with van der Waals surface area (Å²) in [5.74, 6) is -0.493. The smallest absolute Gasteiger partial charge is 0.348 e. The van der Waals surface area contributed by atoms with Crippen molar-refractivity contribution in [1.82, 2.24) is 4.98 Å². The normalized spacial score (nSPS) is 11.2. The lowest BCUT2D eigenvalue weighted by atomic mass is 10.0. The van der Waals surface area contributed by atoms with E-state index in [2.05, 4.69) is 19.2 Å². The van der Waals surface area contributed by atoms with Gasteiger partial charge in [0.15, 0.2) is 5.13 Å². The number of benzene rings is 2. The molecular weight excluding hydrogens is 460 g/mol. The van der Waals surface area contributed by atoms with Crippen molar-refractivity contribution in [2.24, 2.45) is 5.92 Å². The summed E-state index contributed by atoms with van der Waals surface area (Å²) in [6.07, 6.45) is 0.880. The Morgan fingerprint density at radius 1 is 1.09 bits per heavy atom. The molecule has 7 heteroatoms. The van der Waals surface area contributed by atoms with Crippen LogP contribution in [-0.4, -0.2) is 16.1 Å². The van der Waals surface area contributed by atoms with Crippen LogP contribution in [0.3, 0.4) is 0 Å². The van der Waals surface area contributed by atoms with Crippen LogP contribution in [0.25, 0.3) is 21.7 Å². The fourth-order valence-corrected chi connectivity index (χ4v) is 5.73. The summed E-state index contributed by atoms with van der Waals surface area (Å²) in [6, 6.07) is 17.6. The first-order valence-corrected chi connectivity index (χ1v) is 12.3. The second kappa shape index (κ2) is 9.45. The first-order valence-electron chi connectivity index (χ1n) is 10.3. The Hall–Kier alpha value is -2.67. The third-order valence-electron chi connectivity index (χ3n) is 4.96. The number of thiazole rings is 1. The summed E-state index contributed by atoms with van der Waals surface area (Å²) in [5, 5.41) is 14.4. The summed E-state index contributed by atoms with van der Waals surface area (Å²) in [7, 11) is 0. The molecule has 4 nitrogen and oxygen atoms in total. The second-order valence-corrected chi connectivity index (χ2v) is 10.5. The van der Waals surface area contributed by atoms with Gasteiger partial charge in [-0.25, -0.2) is 9.78 Å². The average Bonchev–Trinajstić information content (AvgIpc) is 3.35. The minimum atomic E-state index is -0.954. The topological polar surface area (TPSA) is 62.2 Å². The van der Waals surface area contributed by atoms with Crippen LogP contribution >= 0.6 is 34.3 Å². The van der Waals surface area contributed by atoms with Gasteiger partial charge in [-0.2, -0.15) is 0 Å². The van der Waals surface area contributed by atoms with Crippen molar-refractivity contribution in [3.05, 3.63) is 74.9 Å². The highest BCUT2D eigenvalue weighted by atomic mass is 35.5. The van der Waals surface area contributed by atoms with Gasteiger partial charge in [0, 0.05) is 20.3 Å². The SMILES string of the molecule is Cc1ccc(-c2nc(Nc3cc(-c4ccccc4)sc3C(=O)O)sc2CC(C)C)cc1Cl. The highest BCUT2D eigenvalue weighted by molar-refractivity contribution is 7.18. The minimum absolute atomic E-state index is 0.268. The molecule has 0 saturated carbocycles. The monoisotopic (exact) mass is 482 g/mol. The number of anilines is 2. The van der Waals surface area contributed by atoms with E-state index in [-0.39, 0.29) is 4.88 Å². The van der Waals surface area contributed by atoms with Gasteiger partial charge in [-0.3, -0.25) is 0 Å². The molecule has 4 aromatic rings. The molecular formula is C25H23ClN2O2S2. The van der Waals surface area contributed by atoms with Crippen molar-refractivity contribution in [1.29, 1.82) is 0 Å². The molecule has 0 bridgehead atoms. The number of carbonyl (C=O) groups is 1. The van der Waals surface area contributed by atoms with E-state index in [1.807, 2.05) is 61.5 Å². The number of hydrogen-bond acceptors (Lipinski definition) is 5. The molecule has 0 aliphatic heterocycles. The molecule has 2 heterocycles. The maximum atomic E-state index is 11.9. The molecule has 4 rings (SSSR count). The summed E-state index contributed by atoms with van der Waals surface area (Å²) in [4.78, 5) is 19.1. The van der Waals surface area contributed by atoms with E-state index in [0.717, 1.165) is 38.6 Å². The predicted octanol–water partition coefficient (Wildman–Crippen LogP) is 8.14.